The van der Waals surface area contributed by atoms with Gasteiger partial charge in [0.15, 0.2) is 5.13 Å². The molecule has 1 unspecified atom stereocenters. The van der Waals surface area contributed by atoms with E-state index in [9.17, 15) is 9.59 Å². The van der Waals surface area contributed by atoms with Crippen molar-refractivity contribution < 1.29 is 9.59 Å². The Labute approximate surface area is 151 Å². The number of hydrogen-bond acceptors (Lipinski definition) is 4. The van der Waals surface area contributed by atoms with E-state index < -0.39 is 0 Å². The molecule has 1 atom stereocenters. The summed E-state index contributed by atoms with van der Waals surface area (Å²) >= 11 is 1.46. The second-order valence-corrected chi connectivity index (χ2v) is 7.44. The number of amides is 2. The van der Waals surface area contributed by atoms with E-state index in [2.05, 4.69) is 17.1 Å². The number of nitrogens with zero attached hydrogens (tertiary/aromatic N) is 3. The number of anilines is 1. The SMILES string of the molecule is O=C1CCCN1c1nc(CC(=O)N2CCCC2c2ccccc2)cs1. The highest BCUT2D eigenvalue weighted by Crippen LogP contribution is 2.32. The van der Waals surface area contributed by atoms with Gasteiger partial charge in [0.25, 0.3) is 0 Å². The minimum Gasteiger partial charge on any atom is -0.335 e. The van der Waals surface area contributed by atoms with Gasteiger partial charge in [0.2, 0.25) is 11.8 Å². The fourth-order valence-electron chi connectivity index (χ4n) is 3.70. The molecule has 4 rings (SSSR count). The summed E-state index contributed by atoms with van der Waals surface area (Å²) in [6, 6.07) is 10.4. The maximum atomic E-state index is 12.8. The molecule has 0 aliphatic carbocycles. The fourth-order valence-corrected chi connectivity index (χ4v) is 4.56. The van der Waals surface area contributed by atoms with Crippen LogP contribution in [0.2, 0.25) is 0 Å². The summed E-state index contributed by atoms with van der Waals surface area (Å²) in [5.74, 6) is 0.256. The summed E-state index contributed by atoms with van der Waals surface area (Å²) in [6.45, 7) is 1.54. The first kappa shape index (κ1) is 16.3. The number of carbonyl (C=O) groups excluding carboxylic acids is 2. The van der Waals surface area contributed by atoms with Gasteiger partial charge in [-0.2, -0.15) is 0 Å². The normalized spacial score (nSPS) is 20.5. The highest BCUT2D eigenvalue weighted by molar-refractivity contribution is 7.14. The second kappa shape index (κ2) is 6.96. The predicted octanol–water partition coefficient (Wildman–Crippen LogP) is 3.18. The van der Waals surface area contributed by atoms with E-state index in [0.29, 0.717) is 12.8 Å². The molecule has 1 aromatic heterocycles. The first-order valence-electron chi connectivity index (χ1n) is 8.81. The van der Waals surface area contributed by atoms with Gasteiger partial charge in [-0.15, -0.1) is 11.3 Å². The number of rotatable bonds is 4. The van der Waals surface area contributed by atoms with Gasteiger partial charge in [0, 0.05) is 24.9 Å². The van der Waals surface area contributed by atoms with Crippen molar-refractivity contribution in [3.8, 4) is 0 Å². The Kier molecular flexibility index (Phi) is 4.53. The topological polar surface area (TPSA) is 53.5 Å². The Bertz CT molecular complexity index is 774. The van der Waals surface area contributed by atoms with Gasteiger partial charge in [-0.3, -0.25) is 14.5 Å². The molecule has 2 fully saturated rings. The van der Waals surface area contributed by atoms with Crippen molar-refractivity contribution in [2.24, 2.45) is 0 Å². The van der Waals surface area contributed by atoms with Crippen LogP contribution in [0.25, 0.3) is 0 Å². The molecule has 2 amide bonds. The summed E-state index contributed by atoms with van der Waals surface area (Å²) in [5, 5.41) is 2.64. The quantitative estimate of drug-likeness (QED) is 0.846. The van der Waals surface area contributed by atoms with Crippen LogP contribution in [-0.2, 0) is 16.0 Å². The molecule has 1 aromatic carbocycles. The summed E-state index contributed by atoms with van der Waals surface area (Å²) in [6.07, 6.45) is 3.84. The molecule has 2 aliphatic heterocycles. The van der Waals surface area contributed by atoms with Crippen LogP contribution in [0.4, 0.5) is 5.13 Å². The Morgan fingerprint density at radius 2 is 2.04 bits per heavy atom. The zero-order valence-electron chi connectivity index (χ0n) is 14.1. The molecule has 0 N–H and O–H groups in total. The highest BCUT2D eigenvalue weighted by Gasteiger charge is 2.30. The minimum absolute atomic E-state index is 0.121. The molecule has 130 valence electrons. The van der Waals surface area contributed by atoms with E-state index in [0.717, 1.165) is 43.2 Å². The van der Waals surface area contributed by atoms with Crippen LogP contribution in [0.1, 0.15) is 43.0 Å². The lowest BCUT2D eigenvalue weighted by Crippen LogP contribution is -2.32. The summed E-state index contributed by atoms with van der Waals surface area (Å²) in [5.41, 5.74) is 1.97. The summed E-state index contributed by atoms with van der Waals surface area (Å²) in [7, 11) is 0. The Hall–Kier alpha value is -2.21. The Morgan fingerprint density at radius 3 is 2.80 bits per heavy atom. The van der Waals surface area contributed by atoms with Gasteiger partial charge < -0.3 is 4.90 Å². The maximum absolute atomic E-state index is 12.8. The minimum atomic E-state index is 0.121. The first-order valence-corrected chi connectivity index (χ1v) is 9.69. The fraction of sp³-hybridized carbons (Fsp3) is 0.421. The second-order valence-electron chi connectivity index (χ2n) is 6.60. The standard InChI is InChI=1S/C19H21N3O2S/c23-17-9-5-11-22(17)19-20-15(13-25-19)12-18(24)21-10-4-8-16(21)14-6-2-1-3-7-14/h1-3,6-7,13,16H,4-5,8-12H2. The van der Waals surface area contributed by atoms with Crippen molar-refractivity contribution in [1.29, 1.82) is 0 Å². The van der Waals surface area contributed by atoms with Crippen molar-refractivity contribution in [2.45, 2.75) is 38.1 Å². The maximum Gasteiger partial charge on any atom is 0.229 e. The van der Waals surface area contributed by atoms with E-state index in [1.165, 1.54) is 16.9 Å². The molecular weight excluding hydrogens is 334 g/mol. The van der Waals surface area contributed by atoms with Crippen molar-refractivity contribution in [3.05, 3.63) is 47.0 Å². The van der Waals surface area contributed by atoms with Gasteiger partial charge in [0.05, 0.1) is 18.2 Å². The average Bonchev–Trinajstić information content (AvgIpc) is 3.35. The van der Waals surface area contributed by atoms with E-state index >= 15 is 0 Å². The van der Waals surface area contributed by atoms with E-state index in [1.54, 1.807) is 4.90 Å². The van der Waals surface area contributed by atoms with Gasteiger partial charge in [-0.05, 0) is 24.8 Å². The molecule has 2 aromatic rings. The van der Waals surface area contributed by atoms with Gasteiger partial charge in [-0.1, -0.05) is 30.3 Å². The smallest absolute Gasteiger partial charge is 0.229 e. The molecular formula is C19H21N3O2S. The van der Waals surface area contributed by atoms with Crippen molar-refractivity contribution in [1.82, 2.24) is 9.88 Å². The molecule has 25 heavy (non-hydrogen) atoms. The van der Waals surface area contributed by atoms with Crippen LogP contribution < -0.4 is 4.90 Å². The van der Waals surface area contributed by atoms with Crippen LogP contribution in [0, 0.1) is 0 Å². The predicted molar refractivity (Wildman–Crippen MR) is 97.5 cm³/mol. The number of carbonyl (C=O) groups is 2. The van der Waals surface area contributed by atoms with Crippen LogP contribution in [0.15, 0.2) is 35.7 Å². The largest absolute Gasteiger partial charge is 0.335 e. The lowest BCUT2D eigenvalue weighted by atomic mass is 10.0. The Morgan fingerprint density at radius 1 is 1.20 bits per heavy atom. The van der Waals surface area contributed by atoms with E-state index in [4.69, 9.17) is 0 Å². The first-order chi connectivity index (χ1) is 12.2. The number of aromatic nitrogens is 1. The molecule has 0 spiro atoms. The number of thiazole rings is 1. The zero-order chi connectivity index (χ0) is 17.2. The van der Waals surface area contributed by atoms with Crippen molar-refractivity contribution >= 4 is 28.3 Å². The molecule has 0 radical (unpaired) electrons. The lowest BCUT2D eigenvalue weighted by Gasteiger charge is -2.25. The van der Waals surface area contributed by atoms with Crippen molar-refractivity contribution in [3.63, 3.8) is 0 Å². The highest BCUT2D eigenvalue weighted by atomic mass is 32.1. The average molecular weight is 355 g/mol. The van der Waals surface area contributed by atoms with Crippen LogP contribution in [0.5, 0.6) is 0 Å². The van der Waals surface area contributed by atoms with Gasteiger partial charge >= 0.3 is 0 Å². The number of hydrogen-bond donors (Lipinski definition) is 0. The summed E-state index contributed by atoms with van der Waals surface area (Å²) in [4.78, 5) is 32.9. The summed E-state index contributed by atoms with van der Waals surface area (Å²) < 4.78 is 0. The van der Waals surface area contributed by atoms with Gasteiger partial charge in [0.1, 0.15) is 0 Å². The molecule has 5 nitrogen and oxygen atoms in total. The molecule has 0 bridgehead atoms. The number of benzene rings is 1. The van der Waals surface area contributed by atoms with E-state index in [-0.39, 0.29) is 17.9 Å². The van der Waals surface area contributed by atoms with E-state index in [1.807, 2.05) is 28.5 Å². The zero-order valence-corrected chi connectivity index (χ0v) is 14.9. The Balaban J connectivity index is 1.45. The molecule has 0 saturated carbocycles. The third-order valence-electron chi connectivity index (χ3n) is 4.93. The third-order valence-corrected chi connectivity index (χ3v) is 5.85. The lowest BCUT2D eigenvalue weighted by molar-refractivity contribution is -0.131. The molecule has 3 heterocycles. The molecule has 6 heteroatoms. The number of likely N-dealkylation sites (tertiary alicyclic amines) is 1. The van der Waals surface area contributed by atoms with Crippen LogP contribution in [-0.4, -0.2) is 34.8 Å². The molecule has 2 saturated heterocycles. The monoisotopic (exact) mass is 355 g/mol. The molecule has 2 aliphatic rings. The van der Waals surface area contributed by atoms with Crippen molar-refractivity contribution in [2.75, 3.05) is 18.0 Å². The van der Waals surface area contributed by atoms with Gasteiger partial charge in [-0.25, -0.2) is 4.98 Å². The van der Waals surface area contributed by atoms with Crippen LogP contribution >= 0.6 is 11.3 Å². The van der Waals surface area contributed by atoms with Crippen LogP contribution in [0.3, 0.4) is 0 Å². The third kappa shape index (κ3) is 3.31.